The lowest BCUT2D eigenvalue weighted by Gasteiger charge is -2.11. The molecule has 0 fully saturated rings. The molecular formula is C23H23N3O5. The van der Waals surface area contributed by atoms with E-state index in [0.29, 0.717) is 17.7 Å². The van der Waals surface area contributed by atoms with Gasteiger partial charge in [0, 0.05) is 24.0 Å². The minimum Gasteiger partial charge on any atom is -0.452 e. The molecule has 2 aromatic carbocycles. The third-order valence-electron chi connectivity index (χ3n) is 5.02. The van der Waals surface area contributed by atoms with Gasteiger partial charge in [0.25, 0.3) is 11.6 Å². The number of anilines is 1. The van der Waals surface area contributed by atoms with Crippen molar-refractivity contribution < 1.29 is 19.2 Å². The van der Waals surface area contributed by atoms with Gasteiger partial charge in [0.05, 0.1) is 10.5 Å². The van der Waals surface area contributed by atoms with Gasteiger partial charge in [-0.3, -0.25) is 14.9 Å². The quantitative estimate of drug-likeness (QED) is 0.350. The molecule has 8 nitrogen and oxygen atoms in total. The summed E-state index contributed by atoms with van der Waals surface area (Å²) in [6.07, 6.45) is 0. The third-order valence-corrected chi connectivity index (χ3v) is 5.02. The van der Waals surface area contributed by atoms with Crippen molar-refractivity contribution in [3.05, 3.63) is 92.8 Å². The number of nitro benzene ring substituents is 1. The van der Waals surface area contributed by atoms with Gasteiger partial charge in [-0.1, -0.05) is 42.5 Å². The molecule has 1 N–H and O–H groups in total. The Morgan fingerprint density at radius 1 is 1.06 bits per heavy atom. The summed E-state index contributed by atoms with van der Waals surface area (Å²) in [4.78, 5) is 35.4. The fourth-order valence-electron chi connectivity index (χ4n) is 3.37. The van der Waals surface area contributed by atoms with Crippen LogP contribution in [0.3, 0.4) is 0 Å². The molecule has 0 atom stereocenters. The zero-order chi connectivity index (χ0) is 22.5. The van der Waals surface area contributed by atoms with Gasteiger partial charge in [0.1, 0.15) is 5.69 Å². The van der Waals surface area contributed by atoms with Crippen molar-refractivity contribution in [3.63, 3.8) is 0 Å². The second kappa shape index (κ2) is 9.25. The van der Waals surface area contributed by atoms with E-state index in [1.54, 1.807) is 19.1 Å². The number of nitro groups is 1. The Labute approximate surface area is 179 Å². The van der Waals surface area contributed by atoms with E-state index in [0.717, 1.165) is 17.0 Å². The third kappa shape index (κ3) is 4.98. The number of nitrogens with zero attached hydrogens (tertiary/aromatic N) is 2. The average Bonchev–Trinajstić information content (AvgIpc) is 3.02. The van der Waals surface area contributed by atoms with Gasteiger partial charge in [0.15, 0.2) is 6.61 Å². The standard InChI is InChI=1S/C23H23N3O5/c1-15-8-7-11-20(26(29)30)22(15)24-21(27)14-31-23(28)19-12-16(2)25(17(19)3)13-18-9-5-4-6-10-18/h4-12H,13-14H2,1-3H3,(H,24,27). The topological polar surface area (TPSA) is 103 Å². The Bertz CT molecular complexity index is 1140. The first-order chi connectivity index (χ1) is 14.8. The number of aromatic nitrogens is 1. The molecular weight excluding hydrogens is 398 g/mol. The zero-order valence-electron chi connectivity index (χ0n) is 17.5. The monoisotopic (exact) mass is 421 g/mol. The molecule has 0 aliphatic rings. The summed E-state index contributed by atoms with van der Waals surface area (Å²) < 4.78 is 7.17. The van der Waals surface area contributed by atoms with E-state index < -0.39 is 23.4 Å². The minimum atomic E-state index is -0.649. The highest BCUT2D eigenvalue weighted by Crippen LogP contribution is 2.27. The maximum Gasteiger partial charge on any atom is 0.340 e. The summed E-state index contributed by atoms with van der Waals surface area (Å²) in [6, 6.07) is 16.1. The zero-order valence-corrected chi connectivity index (χ0v) is 17.5. The Morgan fingerprint density at radius 3 is 2.45 bits per heavy atom. The van der Waals surface area contributed by atoms with Crippen LogP contribution in [-0.2, 0) is 16.1 Å². The normalized spacial score (nSPS) is 10.5. The fraction of sp³-hybridized carbons (Fsp3) is 0.217. The molecule has 0 radical (unpaired) electrons. The summed E-state index contributed by atoms with van der Waals surface area (Å²) in [6.45, 7) is 5.44. The van der Waals surface area contributed by atoms with Crippen molar-refractivity contribution in [3.8, 4) is 0 Å². The highest BCUT2D eigenvalue weighted by atomic mass is 16.6. The molecule has 0 aliphatic heterocycles. The molecule has 3 rings (SSSR count). The van der Waals surface area contributed by atoms with Crippen LogP contribution in [0.1, 0.15) is 32.9 Å². The van der Waals surface area contributed by atoms with Crippen LogP contribution in [-0.4, -0.2) is 28.0 Å². The van der Waals surface area contributed by atoms with Crippen molar-refractivity contribution in [1.29, 1.82) is 0 Å². The number of benzene rings is 2. The van der Waals surface area contributed by atoms with Crippen LogP contribution in [0.15, 0.2) is 54.6 Å². The van der Waals surface area contributed by atoms with Crippen LogP contribution in [0.4, 0.5) is 11.4 Å². The summed E-state index contributed by atoms with van der Waals surface area (Å²) in [7, 11) is 0. The second-order valence-corrected chi connectivity index (χ2v) is 7.21. The summed E-state index contributed by atoms with van der Waals surface area (Å²) in [5.74, 6) is -1.27. The highest BCUT2D eigenvalue weighted by molar-refractivity contribution is 5.97. The van der Waals surface area contributed by atoms with Crippen LogP contribution >= 0.6 is 0 Å². The minimum absolute atomic E-state index is 0.0922. The summed E-state index contributed by atoms with van der Waals surface area (Å²) in [5, 5.41) is 13.6. The van der Waals surface area contributed by atoms with Crippen molar-refractivity contribution >= 4 is 23.3 Å². The van der Waals surface area contributed by atoms with Gasteiger partial charge in [-0.25, -0.2) is 4.79 Å². The van der Waals surface area contributed by atoms with Crippen LogP contribution < -0.4 is 5.32 Å². The Kier molecular flexibility index (Phi) is 6.49. The fourth-order valence-corrected chi connectivity index (χ4v) is 3.37. The lowest BCUT2D eigenvalue weighted by atomic mass is 10.1. The van der Waals surface area contributed by atoms with Crippen LogP contribution in [0.5, 0.6) is 0 Å². The number of para-hydroxylation sites is 1. The molecule has 0 saturated heterocycles. The van der Waals surface area contributed by atoms with Crippen molar-refractivity contribution in [2.75, 3.05) is 11.9 Å². The largest absolute Gasteiger partial charge is 0.452 e. The second-order valence-electron chi connectivity index (χ2n) is 7.21. The first-order valence-corrected chi connectivity index (χ1v) is 9.69. The van der Waals surface area contributed by atoms with E-state index in [4.69, 9.17) is 4.74 Å². The van der Waals surface area contributed by atoms with E-state index >= 15 is 0 Å². The Balaban J connectivity index is 1.67. The molecule has 0 unspecified atom stereocenters. The van der Waals surface area contributed by atoms with Gasteiger partial charge in [-0.05, 0) is 38.0 Å². The van der Waals surface area contributed by atoms with Crippen molar-refractivity contribution in [1.82, 2.24) is 4.57 Å². The van der Waals surface area contributed by atoms with E-state index in [1.807, 2.05) is 48.7 Å². The summed E-state index contributed by atoms with van der Waals surface area (Å²) >= 11 is 0. The molecule has 0 bridgehead atoms. The molecule has 0 aliphatic carbocycles. The first-order valence-electron chi connectivity index (χ1n) is 9.69. The molecule has 8 heteroatoms. The molecule has 160 valence electrons. The number of carbonyl (C=O) groups is 2. The predicted octanol–water partition coefficient (Wildman–Crippen LogP) is 4.17. The lowest BCUT2D eigenvalue weighted by molar-refractivity contribution is -0.384. The van der Waals surface area contributed by atoms with E-state index in [-0.39, 0.29) is 11.4 Å². The number of nitrogens with one attached hydrogen (secondary N) is 1. The SMILES string of the molecule is Cc1cccc([N+](=O)[O-])c1NC(=O)COC(=O)c1cc(C)n(Cc2ccccc2)c1C. The lowest BCUT2D eigenvalue weighted by Crippen LogP contribution is -2.22. The predicted molar refractivity (Wildman–Crippen MR) is 116 cm³/mol. The average molecular weight is 421 g/mol. The van der Waals surface area contributed by atoms with Gasteiger partial charge < -0.3 is 14.6 Å². The number of amides is 1. The Morgan fingerprint density at radius 2 is 1.77 bits per heavy atom. The highest BCUT2D eigenvalue weighted by Gasteiger charge is 2.21. The number of carbonyl (C=O) groups excluding carboxylic acids is 2. The number of aryl methyl sites for hydroxylation is 2. The van der Waals surface area contributed by atoms with Gasteiger partial charge >= 0.3 is 5.97 Å². The molecule has 0 saturated carbocycles. The van der Waals surface area contributed by atoms with Crippen LogP contribution in [0.25, 0.3) is 0 Å². The number of esters is 1. The van der Waals surface area contributed by atoms with Crippen LogP contribution in [0.2, 0.25) is 0 Å². The molecule has 31 heavy (non-hydrogen) atoms. The van der Waals surface area contributed by atoms with E-state index in [2.05, 4.69) is 5.32 Å². The molecule has 1 amide bonds. The Hall–Kier alpha value is -3.94. The van der Waals surface area contributed by atoms with E-state index in [1.165, 1.54) is 12.1 Å². The van der Waals surface area contributed by atoms with Crippen molar-refractivity contribution in [2.45, 2.75) is 27.3 Å². The van der Waals surface area contributed by atoms with E-state index in [9.17, 15) is 19.7 Å². The number of hydrogen-bond donors (Lipinski definition) is 1. The maximum atomic E-state index is 12.6. The number of rotatable bonds is 7. The van der Waals surface area contributed by atoms with Gasteiger partial charge in [-0.2, -0.15) is 0 Å². The molecule has 1 aromatic heterocycles. The maximum absolute atomic E-state index is 12.6. The number of hydrogen-bond acceptors (Lipinski definition) is 5. The molecule has 1 heterocycles. The smallest absolute Gasteiger partial charge is 0.340 e. The van der Waals surface area contributed by atoms with Crippen molar-refractivity contribution in [2.24, 2.45) is 0 Å². The molecule has 3 aromatic rings. The van der Waals surface area contributed by atoms with Crippen LogP contribution in [0, 0.1) is 30.9 Å². The molecule has 0 spiro atoms. The first kappa shape index (κ1) is 21.8. The summed E-state index contributed by atoms with van der Waals surface area (Å²) in [5.41, 5.74) is 3.53. The van der Waals surface area contributed by atoms with Gasteiger partial charge in [0.2, 0.25) is 0 Å². The number of ether oxygens (including phenoxy) is 1. The van der Waals surface area contributed by atoms with Gasteiger partial charge in [-0.15, -0.1) is 0 Å².